The minimum Gasteiger partial charge on any atom is -0.388 e. The first-order chi connectivity index (χ1) is 15.1. The van der Waals surface area contributed by atoms with Crippen LogP contribution >= 0.6 is 0 Å². The Morgan fingerprint density at radius 3 is 1.58 bits per heavy atom. The highest BCUT2D eigenvalue weighted by molar-refractivity contribution is 6.39. The molecule has 2 aliphatic rings. The molecule has 2 aromatic heterocycles. The summed E-state index contributed by atoms with van der Waals surface area (Å²) < 4.78 is 3.96. The minimum atomic E-state index is -0.980. The molecule has 0 radical (unpaired) electrons. The smallest absolute Gasteiger partial charge is 0.259 e. The number of hydrogen-bond donors (Lipinski definition) is 3. The van der Waals surface area contributed by atoms with Crippen LogP contribution in [0.4, 0.5) is 0 Å². The largest absolute Gasteiger partial charge is 0.388 e. The molecule has 5 aromatic rings. The van der Waals surface area contributed by atoms with Crippen LogP contribution in [0.2, 0.25) is 0 Å². The van der Waals surface area contributed by atoms with Gasteiger partial charge >= 0.3 is 0 Å². The van der Waals surface area contributed by atoms with E-state index in [1.54, 1.807) is 0 Å². The summed E-state index contributed by atoms with van der Waals surface area (Å²) >= 11 is 0. The second kappa shape index (κ2) is 5.51. The number of carbonyl (C=O) groups excluding carboxylic acids is 2. The third-order valence-electron chi connectivity index (χ3n) is 6.78. The Balaban J connectivity index is 1.90. The van der Waals surface area contributed by atoms with Crippen LogP contribution in [0.5, 0.6) is 0 Å². The Bertz CT molecular complexity index is 1520. The summed E-state index contributed by atoms with van der Waals surface area (Å²) in [5, 5.41) is 27.2. The second-order valence-corrected chi connectivity index (χ2v) is 8.37. The number of nitrogens with one attached hydrogen (secondary N) is 1. The monoisotopic (exact) mass is 411 g/mol. The zero-order valence-corrected chi connectivity index (χ0v) is 16.3. The first-order valence-electron chi connectivity index (χ1n) is 10.3. The predicted molar refractivity (Wildman–Crippen MR) is 116 cm³/mol. The van der Waals surface area contributed by atoms with E-state index < -0.39 is 24.0 Å². The van der Waals surface area contributed by atoms with Gasteiger partial charge in [-0.05, 0) is 12.1 Å². The lowest BCUT2D eigenvalue weighted by Gasteiger charge is -2.24. The van der Waals surface area contributed by atoms with E-state index in [0.717, 1.165) is 32.8 Å². The van der Waals surface area contributed by atoms with Gasteiger partial charge in [-0.15, -0.1) is 0 Å². The fourth-order valence-corrected chi connectivity index (χ4v) is 5.53. The molecule has 7 nitrogen and oxygen atoms in total. The maximum atomic E-state index is 13.0. The molecule has 4 heterocycles. The molecule has 2 aliphatic heterocycles. The number of carbonyl (C=O) groups is 2. The van der Waals surface area contributed by atoms with Crippen LogP contribution in [0.3, 0.4) is 0 Å². The SMILES string of the molecule is O=C1NC(=O)c2c1c1c3ccccc3n3c1c1c2c2ccccc2n1C[C@H](O)[C@H](O)C3. The van der Waals surface area contributed by atoms with Crippen molar-refractivity contribution in [3.63, 3.8) is 0 Å². The molecule has 31 heavy (non-hydrogen) atoms. The number of benzene rings is 3. The summed E-state index contributed by atoms with van der Waals surface area (Å²) in [5.74, 6) is -0.798. The van der Waals surface area contributed by atoms with Gasteiger partial charge in [-0.3, -0.25) is 14.9 Å². The standard InChI is InChI=1S/C24H17N3O4/c28-15-9-26-13-7-3-1-5-11(13)17-19-20(24(31)25-23(19)30)18-12-6-2-4-8-14(12)27(10-16(15)29)22(18)21(17)26/h1-8,15-16,28-29H,9-10H2,(H,25,30,31)/t15-,16+. The lowest BCUT2D eigenvalue weighted by atomic mass is 9.96. The maximum Gasteiger partial charge on any atom is 0.259 e. The van der Waals surface area contributed by atoms with Gasteiger partial charge in [0.05, 0.1) is 47.5 Å². The van der Waals surface area contributed by atoms with Crippen molar-refractivity contribution < 1.29 is 19.8 Å². The number of aliphatic hydroxyl groups is 2. The molecule has 0 fully saturated rings. The summed E-state index contributed by atoms with van der Waals surface area (Å²) in [6, 6.07) is 15.4. The molecule has 0 saturated carbocycles. The minimum absolute atomic E-state index is 0.191. The Kier molecular flexibility index (Phi) is 3.03. The highest BCUT2D eigenvalue weighted by atomic mass is 16.3. The van der Waals surface area contributed by atoms with Gasteiger partial charge in [-0.2, -0.15) is 0 Å². The molecule has 7 rings (SSSR count). The maximum absolute atomic E-state index is 13.0. The molecular weight excluding hydrogens is 394 g/mol. The molecule has 0 bridgehead atoms. The van der Waals surface area contributed by atoms with Crippen LogP contribution in [0, 0.1) is 0 Å². The molecule has 0 spiro atoms. The van der Waals surface area contributed by atoms with Crippen molar-refractivity contribution in [3.8, 4) is 0 Å². The summed E-state index contributed by atoms with van der Waals surface area (Å²) in [5.41, 5.74) is 4.10. The number of nitrogens with zero attached hydrogens (tertiary/aromatic N) is 2. The van der Waals surface area contributed by atoms with Gasteiger partial charge in [0.2, 0.25) is 0 Å². The van der Waals surface area contributed by atoms with Gasteiger partial charge in [-0.25, -0.2) is 0 Å². The third kappa shape index (κ3) is 1.91. The zero-order valence-electron chi connectivity index (χ0n) is 16.3. The number of amides is 2. The first kappa shape index (κ1) is 17.0. The van der Waals surface area contributed by atoms with Crippen LogP contribution in [0.1, 0.15) is 20.7 Å². The van der Waals surface area contributed by atoms with Gasteiger partial charge in [0.15, 0.2) is 0 Å². The van der Waals surface area contributed by atoms with E-state index in [2.05, 4.69) is 5.32 Å². The van der Waals surface area contributed by atoms with Crippen LogP contribution in [-0.2, 0) is 13.1 Å². The molecule has 3 N–H and O–H groups in total. The Labute approximate surface area is 175 Å². The fraction of sp³-hybridized carbons (Fsp3) is 0.167. The first-order valence-corrected chi connectivity index (χ1v) is 10.3. The average Bonchev–Trinajstić information content (AvgIpc) is 3.36. The van der Waals surface area contributed by atoms with E-state index in [-0.39, 0.29) is 13.1 Å². The lowest BCUT2D eigenvalue weighted by molar-refractivity contribution is 0.00168. The summed E-state index contributed by atoms with van der Waals surface area (Å²) in [6.45, 7) is 0.381. The number of rotatable bonds is 0. The summed E-state index contributed by atoms with van der Waals surface area (Å²) in [7, 11) is 0. The number of imide groups is 1. The normalized spacial score (nSPS) is 20.7. The number of para-hydroxylation sites is 2. The number of fused-ring (bicyclic) bond motifs is 9. The van der Waals surface area contributed by atoms with E-state index >= 15 is 0 Å². The van der Waals surface area contributed by atoms with Crippen molar-refractivity contribution in [2.75, 3.05) is 0 Å². The van der Waals surface area contributed by atoms with Crippen molar-refractivity contribution in [1.29, 1.82) is 0 Å². The molecule has 2 atom stereocenters. The lowest BCUT2D eigenvalue weighted by Crippen LogP contribution is -2.35. The summed E-state index contributed by atoms with van der Waals surface area (Å²) in [4.78, 5) is 26.0. The van der Waals surface area contributed by atoms with Gasteiger partial charge in [0, 0.05) is 32.6 Å². The highest BCUT2D eigenvalue weighted by Crippen LogP contribution is 2.45. The van der Waals surface area contributed by atoms with E-state index in [0.29, 0.717) is 21.9 Å². The molecule has 3 aromatic carbocycles. The molecule has 0 aliphatic carbocycles. The quantitative estimate of drug-likeness (QED) is 0.341. The van der Waals surface area contributed by atoms with Crippen LogP contribution < -0.4 is 5.32 Å². The number of aromatic nitrogens is 2. The number of aliphatic hydroxyl groups excluding tert-OH is 2. The molecule has 7 heteroatoms. The Hall–Kier alpha value is -3.68. The van der Waals surface area contributed by atoms with Gasteiger partial charge in [-0.1, -0.05) is 36.4 Å². The van der Waals surface area contributed by atoms with Gasteiger partial charge in [0.25, 0.3) is 11.8 Å². The molecular formula is C24H17N3O4. The third-order valence-corrected chi connectivity index (χ3v) is 6.78. The van der Waals surface area contributed by atoms with Crippen molar-refractivity contribution in [2.45, 2.75) is 25.3 Å². The van der Waals surface area contributed by atoms with Gasteiger partial charge in [0.1, 0.15) is 0 Å². The predicted octanol–water partition coefficient (Wildman–Crippen LogP) is 2.52. The molecule has 0 unspecified atom stereocenters. The Morgan fingerprint density at radius 2 is 1.13 bits per heavy atom. The topological polar surface area (TPSA) is 96.5 Å². The number of hydrogen-bond acceptors (Lipinski definition) is 4. The second-order valence-electron chi connectivity index (χ2n) is 8.37. The van der Waals surface area contributed by atoms with Crippen molar-refractivity contribution in [2.24, 2.45) is 0 Å². The van der Waals surface area contributed by atoms with Crippen molar-refractivity contribution in [3.05, 3.63) is 59.7 Å². The van der Waals surface area contributed by atoms with Crippen LogP contribution in [-0.4, -0.2) is 43.4 Å². The van der Waals surface area contributed by atoms with Crippen LogP contribution in [0.15, 0.2) is 48.5 Å². The van der Waals surface area contributed by atoms with E-state index in [1.807, 2.05) is 57.7 Å². The average molecular weight is 411 g/mol. The Morgan fingerprint density at radius 1 is 0.710 bits per heavy atom. The van der Waals surface area contributed by atoms with Crippen molar-refractivity contribution in [1.82, 2.24) is 14.5 Å². The zero-order chi connectivity index (χ0) is 21.0. The summed E-state index contributed by atoms with van der Waals surface area (Å²) in [6.07, 6.45) is -1.96. The van der Waals surface area contributed by atoms with E-state index in [1.165, 1.54) is 0 Å². The molecule has 2 amide bonds. The molecule has 152 valence electrons. The van der Waals surface area contributed by atoms with Crippen LogP contribution in [0.25, 0.3) is 43.6 Å². The van der Waals surface area contributed by atoms with Crippen molar-refractivity contribution >= 4 is 55.4 Å². The van der Waals surface area contributed by atoms with E-state index in [9.17, 15) is 19.8 Å². The van der Waals surface area contributed by atoms with Gasteiger partial charge < -0.3 is 19.3 Å². The molecule has 0 saturated heterocycles. The fourth-order valence-electron chi connectivity index (χ4n) is 5.53. The van der Waals surface area contributed by atoms with E-state index in [4.69, 9.17) is 0 Å². The highest BCUT2D eigenvalue weighted by Gasteiger charge is 2.38.